The van der Waals surface area contributed by atoms with E-state index in [1.165, 1.54) is 6.33 Å². The highest BCUT2D eigenvalue weighted by molar-refractivity contribution is 5.94. The summed E-state index contributed by atoms with van der Waals surface area (Å²) in [5.41, 5.74) is 2.85. The van der Waals surface area contributed by atoms with Crippen molar-refractivity contribution in [1.29, 1.82) is 0 Å². The first kappa shape index (κ1) is 16.6. The number of hydrogen-bond acceptors (Lipinski definition) is 6. The van der Waals surface area contributed by atoms with Gasteiger partial charge >= 0.3 is 0 Å². The lowest BCUT2D eigenvalue weighted by atomic mass is 10.2. The fraction of sp³-hybridized carbons (Fsp3) is 0.0500. The van der Waals surface area contributed by atoms with Crippen molar-refractivity contribution in [3.8, 4) is 0 Å². The highest BCUT2D eigenvalue weighted by atomic mass is 16.1. The lowest BCUT2D eigenvalue weighted by Gasteiger charge is -2.09. The second-order valence-electron chi connectivity index (χ2n) is 5.84. The molecular weight excluding hydrogens is 340 g/mol. The van der Waals surface area contributed by atoms with Gasteiger partial charge in [-0.2, -0.15) is 0 Å². The lowest BCUT2D eigenvalue weighted by molar-refractivity contribution is 0.0945. The number of benzene rings is 1. The molecule has 0 bridgehead atoms. The van der Waals surface area contributed by atoms with Crippen LogP contribution in [-0.4, -0.2) is 25.8 Å². The molecule has 7 nitrogen and oxygen atoms in total. The molecule has 0 radical (unpaired) electrons. The maximum Gasteiger partial charge on any atom is 0.270 e. The van der Waals surface area contributed by atoms with Crippen LogP contribution >= 0.6 is 0 Å². The summed E-state index contributed by atoms with van der Waals surface area (Å²) in [5, 5.41) is 7.06. The zero-order chi connectivity index (χ0) is 18.5. The van der Waals surface area contributed by atoms with Crippen molar-refractivity contribution < 1.29 is 4.79 Å². The van der Waals surface area contributed by atoms with Gasteiger partial charge in [0.25, 0.3) is 5.91 Å². The predicted octanol–water partition coefficient (Wildman–Crippen LogP) is 3.09. The first-order chi connectivity index (χ1) is 13.3. The Balaban J connectivity index is 1.51. The maximum atomic E-state index is 12.4. The molecule has 0 saturated heterocycles. The van der Waals surface area contributed by atoms with E-state index in [9.17, 15) is 4.79 Å². The van der Waals surface area contributed by atoms with E-state index < -0.39 is 0 Å². The number of pyridine rings is 2. The average Bonchev–Trinajstić information content (AvgIpc) is 2.73. The molecule has 0 aliphatic carbocycles. The summed E-state index contributed by atoms with van der Waals surface area (Å²) in [6, 6.07) is 15.1. The minimum absolute atomic E-state index is 0.277. The van der Waals surface area contributed by atoms with Gasteiger partial charge in [0, 0.05) is 36.6 Å². The summed E-state index contributed by atoms with van der Waals surface area (Å²) in [6.07, 6.45) is 6.50. The van der Waals surface area contributed by atoms with Gasteiger partial charge in [0.15, 0.2) is 0 Å². The number of carbonyl (C=O) groups excluding carboxylic acids is 1. The van der Waals surface area contributed by atoms with Crippen LogP contribution < -0.4 is 10.6 Å². The minimum atomic E-state index is -0.277. The average molecular weight is 356 g/mol. The second kappa shape index (κ2) is 7.57. The number of nitrogens with one attached hydrogen (secondary N) is 2. The van der Waals surface area contributed by atoms with Crippen LogP contribution in [0.5, 0.6) is 0 Å². The van der Waals surface area contributed by atoms with E-state index in [1.807, 2.05) is 42.5 Å². The van der Waals surface area contributed by atoms with Gasteiger partial charge in [-0.25, -0.2) is 9.97 Å². The smallest absolute Gasteiger partial charge is 0.270 e. The largest absolute Gasteiger partial charge is 0.347 e. The molecule has 3 heterocycles. The first-order valence-electron chi connectivity index (χ1n) is 8.39. The Labute approximate surface area is 155 Å². The number of para-hydroxylation sites is 1. The van der Waals surface area contributed by atoms with Gasteiger partial charge in [0.05, 0.1) is 11.2 Å². The van der Waals surface area contributed by atoms with E-state index >= 15 is 0 Å². The summed E-state index contributed by atoms with van der Waals surface area (Å²) < 4.78 is 0. The molecule has 0 saturated carbocycles. The number of aromatic nitrogens is 4. The highest BCUT2D eigenvalue weighted by Gasteiger charge is 2.10. The Hall–Kier alpha value is -3.87. The molecule has 3 aromatic heterocycles. The van der Waals surface area contributed by atoms with Crippen LogP contribution in [0.1, 0.15) is 16.1 Å². The molecule has 1 aromatic carbocycles. The van der Waals surface area contributed by atoms with Crippen LogP contribution in [-0.2, 0) is 6.54 Å². The topological polar surface area (TPSA) is 92.7 Å². The molecule has 4 aromatic rings. The number of rotatable bonds is 5. The molecule has 27 heavy (non-hydrogen) atoms. The van der Waals surface area contributed by atoms with Gasteiger partial charge in [-0.15, -0.1) is 0 Å². The van der Waals surface area contributed by atoms with Crippen molar-refractivity contribution in [2.75, 3.05) is 5.32 Å². The molecule has 0 aliphatic heterocycles. The summed E-state index contributed by atoms with van der Waals surface area (Å²) in [5.74, 6) is 0.245. The van der Waals surface area contributed by atoms with Crippen LogP contribution in [0, 0.1) is 0 Å². The Morgan fingerprint density at radius 1 is 0.963 bits per heavy atom. The summed E-state index contributed by atoms with van der Waals surface area (Å²) in [4.78, 5) is 29.1. The molecule has 0 fully saturated rings. The molecule has 0 atom stereocenters. The van der Waals surface area contributed by atoms with Crippen molar-refractivity contribution in [3.05, 3.63) is 84.7 Å². The van der Waals surface area contributed by atoms with E-state index in [0.717, 1.165) is 22.2 Å². The van der Waals surface area contributed by atoms with Gasteiger partial charge in [0.1, 0.15) is 17.8 Å². The van der Waals surface area contributed by atoms with Crippen LogP contribution in [0.2, 0.25) is 0 Å². The number of carbonyl (C=O) groups is 1. The van der Waals surface area contributed by atoms with Crippen molar-refractivity contribution in [1.82, 2.24) is 25.3 Å². The molecule has 1 amide bonds. The van der Waals surface area contributed by atoms with Crippen molar-refractivity contribution in [3.63, 3.8) is 0 Å². The number of amides is 1. The quantitative estimate of drug-likeness (QED) is 0.571. The maximum absolute atomic E-state index is 12.4. The Morgan fingerprint density at radius 2 is 1.85 bits per heavy atom. The number of anilines is 2. The number of nitrogens with zero attached hydrogens (tertiary/aromatic N) is 4. The van der Waals surface area contributed by atoms with E-state index in [-0.39, 0.29) is 11.6 Å². The Morgan fingerprint density at radius 3 is 2.74 bits per heavy atom. The summed E-state index contributed by atoms with van der Waals surface area (Å²) in [6.45, 7) is 0.382. The minimum Gasteiger partial charge on any atom is -0.347 e. The molecule has 0 spiro atoms. The molecule has 2 N–H and O–H groups in total. The predicted molar refractivity (Wildman–Crippen MR) is 102 cm³/mol. The van der Waals surface area contributed by atoms with Crippen molar-refractivity contribution >= 4 is 28.3 Å². The highest BCUT2D eigenvalue weighted by Crippen LogP contribution is 2.23. The van der Waals surface area contributed by atoms with Crippen molar-refractivity contribution in [2.24, 2.45) is 0 Å². The third-order valence-corrected chi connectivity index (χ3v) is 3.97. The Kier molecular flexibility index (Phi) is 4.65. The summed E-state index contributed by atoms with van der Waals surface area (Å²) in [7, 11) is 0. The van der Waals surface area contributed by atoms with Crippen LogP contribution in [0.3, 0.4) is 0 Å². The fourth-order valence-corrected chi connectivity index (χ4v) is 2.67. The third kappa shape index (κ3) is 3.87. The molecule has 4 rings (SSSR count). The zero-order valence-corrected chi connectivity index (χ0v) is 14.3. The molecule has 7 heteroatoms. The van der Waals surface area contributed by atoms with Crippen LogP contribution in [0.4, 0.5) is 11.5 Å². The van der Waals surface area contributed by atoms with Crippen molar-refractivity contribution in [2.45, 2.75) is 6.54 Å². The SMILES string of the molecule is O=C(NCc1cccnc1)c1cc(Nc2cccc3cccnc23)ncn1. The summed E-state index contributed by atoms with van der Waals surface area (Å²) >= 11 is 0. The number of hydrogen-bond donors (Lipinski definition) is 2. The standard InChI is InChI=1S/C20H16N6O/c27-20(23-12-14-4-2-8-21-11-14)17-10-18(25-13-24-17)26-16-7-1-5-15-6-3-9-22-19(15)16/h1-11,13H,12H2,(H,23,27)(H,24,25,26). The third-order valence-electron chi connectivity index (χ3n) is 3.97. The van der Waals surface area contributed by atoms with Gasteiger partial charge in [-0.1, -0.05) is 24.3 Å². The zero-order valence-electron chi connectivity index (χ0n) is 14.3. The van der Waals surface area contributed by atoms with E-state index in [1.54, 1.807) is 24.7 Å². The lowest BCUT2D eigenvalue weighted by Crippen LogP contribution is -2.24. The molecule has 0 aliphatic rings. The van der Waals surface area contributed by atoms with Crippen LogP contribution in [0.15, 0.2) is 73.4 Å². The van der Waals surface area contributed by atoms with Gasteiger partial charge in [-0.05, 0) is 23.8 Å². The van der Waals surface area contributed by atoms with E-state index in [2.05, 4.69) is 30.6 Å². The Bertz CT molecular complexity index is 1080. The van der Waals surface area contributed by atoms with E-state index in [4.69, 9.17) is 0 Å². The normalized spacial score (nSPS) is 10.5. The van der Waals surface area contributed by atoms with Gasteiger partial charge in [0.2, 0.25) is 0 Å². The first-order valence-corrected chi connectivity index (χ1v) is 8.39. The monoisotopic (exact) mass is 356 g/mol. The molecular formula is C20H16N6O. The van der Waals surface area contributed by atoms with Gasteiger partial charge < -0.3 is 10.6 Å². The fourth-order valence-electron chi connectivity index (χ4n) is 2.67. The van der Waals surface area contributed by atoms with Crippen LogP contribution in [0.25, 0.3) is 10.9 Å². The van der Waals surface area contributed by atoms with E-state index in [0.29, 0.717) is 12.4 Å². The van der Waals surface area contributed by atoms with Gasteiger partial charge in [-0.3, -0.25) is 14.8 Å². The molecule has 0 unspecified atom stereocenters. The second-order valence-corrected chi connectivity index (χ2v) is 5.84. The number of fused-ring (bicyclic) bond motifs is 1. The molecule has 132 valence electrons.